The average molecular weight is 425 g/mol. The molecule has 0 saturated heterocycles. The van der Waals surface area contributed by atoms with Gasteiger partial charge in [-0.1, -0.05) is 0 Å². The minimum Gasteiger partial charge on any atom is -0.467 e. The Morgan fingerprint density at radius 2 is 1.93 bits per heavy atom. The molecule has 12 nitrogen and oxygen atoms in total. The van der Waals surface area contributed by atoms with Crippen LogP contribution in [0.4, 0.5) is 4.79 Å². The first-order valence-electron chi connectivity index (χ1n) is 9.42. The second kappa shape index (κ2) is 11.6. The molecule has 0 aromatic carbocycles. The van der Waals surface area contributed by atoms with Gasteiger partial charge in [-0.25, -0.2) is 14.6 Å². The Morgan fingerprint density at radius 3 is 2.47 bits per heavy atom. The van der Waals surface area contributed by atoms with Gasteiger partial charge in [0, 0.05) is 24.9 Å². The van der Waals surface area contributed by atoms with Crippen molar-refractivity contribution >= 4 is 23.9 Å². The number of hydrogen-bond donors (Lipinski definition) is 5. The average Bonchev–Trinajstić information content (AvgIpc) is 3.14. The van der Waals surface area contributed by atoms with Crippen LogP contribution in [0, 0.1) is 0 Å². The summed E-state index contributed by atoms with van der Waals surface area (Å²) in [4.78, 5) is 47.7. The highest BCUT2D eigenvalue weighted by Gasteiger charge is 2.29. The van der Waals surface area contributed by atoms with Gasteiger partial charge < -0.3 is 36.6 Å². The molecule has 2 amide bonds. The Kier molecular flexibility index (Phi) is 9.59. The lowest BCUT2D eigenvalue weighted by Gasteiger charge is -2.24. The van der Waals surface area contributed by atoms with E-state index >= 15 is 0 Å². The molecule has 0 aliphatic heterocycles. The second-order valence-electron chi connectivity index (χ2n) is 7.51. The van der Waals surface area contributed by atoms with Crippen molar-refractivity contribution < 1.29 is 23.9 Å². The number of nitrogens with zero attached hydrogens (tertiary/aromatic N) is 2. The summed E-state index contributed by atoms with van der Waals surface area (Å²) >= 11 is 0. The monoisotopic (exact) mass is 425 g/mol. The molecule has 0 saturated carbocycles. The largest absolute Gasteiger partial charge is 0.467 e. The summed E-state index contributed by atoms with van der Waals surface area (Å²) in [5.74, 6) is -1.26. The third-order valence-electron chi connectivity index (χ3n) is 3.73. The smallest absolute Gasteiger partial charge is 0.408 e. The van der Waals surface area contributed by atoms with Crippen molar-refractivity contribution in [2.75, 3.05) is 13.7 Å². The number of guanidine groups is 1. The quantitative estimate of drug-likeness (QED) is 0.144. The third kappa shape index (κ3) is 9.75. The van der Waals surface area contributed by atoms with E-state index in [4.69, 9.17) is 20.9 Å². The summed E-state index contributed by atoms with van der Waals surface area (Å²) < 4.78 is 9.98. The fourth-order valence-electron chi connectivity index (χ4n) is 2.44. The molecule has 0 fully saturated rings. The van der Waals surface area contributed by atoms with Crippen LogP contribution in [0.25, 0.3) is 0 Å². The van der Waals surface area contributed by atoms with Gasteiger partial charge in [0.15, 0.2) is 5.96 Å². The summed E-state index contributed by atoms with van der Waals surface area (Å²) in [7, 11) is 1.22. The Balaban J connectivity index is 2.85. The molecule has 1 rings (SSSR count). The van der Waals surface area contributed by atoms with E-state index in [9.17, 15) is 14.4 Å². The minimum atomic E-state index is -1.01. The normalized spacial score (nSPS) is 12.9. The molecule has 1 aromatic heterocycles. The Bertz CT molecular complexity index is 724. The van der Waals surface area contributed by atoms with Crippen LogP contribution in [0.3, 0.4) is 0 Å². The maximum atomic E-state index is 12.9. The number of ether oxygens (including phenoxy) is 2. The number of hydrogen-bond acceptors (Lipinski definition) is 7. The summed E-state index contributed by atoms with van der Waals surface area (Å²) in [5.41, 5.74) is 10.4. The number of methoxy groups -OCH3 is 1. The summed E-state index contributed by atoms with van der Waals surface area (Å²) in [6.07, 6.45) is 3.03. The zero-order chi connectivity index (χ0) is 22.7. The predicted octanol–water partition coefficient (Wildman–Crippen LogP) is -0.443. The molecule has 30 heavy (non-hydrogen) atoms. The number of imidazole rings is 1. The summed E-state index contributed by atoms with van der Waals surface area (Å²) in [6, 6.07) is -1.94. The lowest BCUT2D eigenvalue weighted by Crippen LogP contribution is -2.53. The van der Waals surface area contributed by atoms with Crippen LogP contribution in [0.15, 0.2) is 17.5 Å². The summed E-state index contributed by atoms with van der Waals surface area (Å²) in [6.45, 7) is 5.42. The fraction of sp³-hybridized carbons (Fsp3) is 0.611. The van der Waals surface area contributed by atoms with Crippen molar-refractivity contribution in [1.82, 2.24) is 20.6 Å². The zero-order valence-electron chi connectivity index (χ0n) is 17.7. The lowest BCUT2D eigenvalue weighted by atomic mass is 10.1. The van der Waals surface area contributed by atoms with E-state index in [0.29, 0.717) is 18.7 Å². The maximum absolute atomic E-state index is 12.9. The van der Waals surface area contributed by atoms with Gasteiger partial charge in [-0.3, -0.25) is 9.79 Å². The van der Waals surface area contributed by atoms with E-state index in [1.807, 2.05) is 0 Å². The Morgan fingerprint density at radius 1 is 1.23 bits per heavy atom. The van der Waals surface area contributed by atoms with Gasteiger partial charge >= 0.3 is 12.1 Å². The van der Waals surface area contributed by atoms with Crippen LogP contribution >= 0.6 is 0 Å². The van der Waals surface area contributed by atoms with Gasteiger partial charge in [-0.15, -0.1) is 0 Å². The number of aromatic amines is 1. The molecular formula is C18H31N7O5. The molecule has 1 aromatic rings. The van der Waals surface area contributed by atoms with E-state index in [1.165, 1.54) is 19.6 Å². The molecule has 168 valence electrons. The van der Waals surface area contributed by atoms with E-state index < -0.39 is 35.7 Å². The van der Waals surface area contributed by atoms with Gasteiger partial charge in [0.1, 0.15) is 17.7 Å². The van der Waals surface area contributed by atoms with Gasteiger partial charge in [-0.05, 0) is 33.6 Å². The fourth-order valence-corrected chi connectivity index (χ4v) is 2.44. The highest BCUT2D eigenvalue weighted by molar-refractivity contribution is 5.89. The number of carbonyl (C=O) groups excluding carboxylic acids is 3. The first-order chi connectivity index (χ1) is 14.0. The van der Waals surface area contributed by atoms with E-state index in [0.717, 1.165) is 0 Å². The van der Waals surface area contributed by atoms with Crippen LogP contribution < -0.4 is 22.1 Å². The third-order valence-corrected chi connectivity index (χ3v) is 3.73. The SMILES string of the molecule is COC(=O)[C@H](CCCN=C(N)N)NC(=O)[C@H](Cc1cnc[nH]1)NC(=O)OC(C)(C)C. The maximum Gasteiger partial charge on any atom is 0.408 e. The van der Waals surface area contributed by atoms with E-state index in [-0.39, 0.29) is 18.8 Å². The van der Waals surface area contributed by atoms with E-state index in [1.54, 1.807) is 20.8 Å². The number of carbonyl (C=O) groups is 3. The number of esters is 1. The number of amides is 2. The number of H-pyrrole nitrogens is 1. The highest BCUT2D eigenvalue weighted by atomic mass is 16.6. The minimum absolute atomic E-state index is 0.0603. The molecule has 0 unspecified atom stereocenters. The first kappa shape index (κ1) is 24.7. The van der Waals surface area contributed by atoms with Gasteiger partial charge in [-0.2, -0.15) is 0 Å². The molecule has 12 heteroatoms. The molecule has 7 N–H and O–H groups in total. The zero-order valence-corrected chi connectivity index (χ0v) is 17.7. The van der Waals surface area contributed by atoms with Gasteiger partial charge in [0.05, 0.1) is 13.4 Å². The number of nitrogens with two attached hydrogens (primary N) is 2. The number of rotatable bonds is 10. The molecule has 2 atom stereocenters. The van der Waals surface area contributed by atoms with Crippen LogP contribution in [0.1, 0.15) is 39.3 Å². The van der Waals surface area contributed by atoms with Gasteiger partial charge in [0.2, 0.25) is 5.91 Å². The van der Waals surface area contributed by atoms with E-state index in [2.05, 4.69) is 25.6 Å². The van der Waals surface area contributed by atoms with Crippen LogP contribution in [0.2, 0.25) is 0 Å². The number of aliphatic imine (C=N–C) groups is 1. The molecule has 0 bridgehead atoms. The Labute approximate surface area is 175 Å². The molecule has 0 spiro atoms. The number of aromatic nitrogens is 2. The van der Waals surface area contributed by atoms with Crippen molar-refractivity contribution in [3.05, 3.63) is 18.2 Å². The number of alkyl carbamates (subject to hydrolysis) is 1. The molecule has 0 aliphatic carbocycles. The molecule has 0 radical (unpaired) electrons. The van der Waals surface area contributed by atoms with Crippen molar-refractivity contribution in [3.63, 3.8) is 0 Å². The lowest BCUT2D eigenvalue weighted by molar-refractivity contribution is -0.145. The van der Waals surface area contributed by atoms with Crippen molar-refractivity contribution in [3.8, 4) is 0 Å². The highest BCUT2D eigenvalue weighted by Crippen LogP contribution is 2.09. The topological polar surface area (TPSA) is 187 Å². The predicted molar refractivity (Wildman–Crippen MR) is 109 cm³/mol. The summed E-state index contributed by atoms with van der Waals surface area (Å²) in [5, 5.41) is 5.14. The molecule has 1 heterocycles. The van der Waals surface area contributed by atoms with Crippen molar-refractivity contribution in [2.24, 2.45) is 16.5 Å². The van der Waals surface area contributed by atoms with Crippen LogP contribution in [-0.2, 0) is 25.5 Å². The first-order valence-corrected chi connectivity index (χ1v) is 9.42. The van der Waals surface area contributed by atoms with Crippen LogP contribution in [-0.4, -0.2) is 65.2 Å². The van der Waals surface area contributed by atoms with Crippen LogP contribution in [0.5, 0.6) is 0 Å². The van der Waals surface area contributed by atoms with Crippen molar-refractivity contribution in [1.29, 1.82) is 0 Å². The second-order valence-corrected chi connectivity index (χ2v) is 7.51. The Hall–Kier alpha value is -3.31. The molecular weight excluding hydrogens is 394 g/mol. The number of nitrogens with one attached hydrogen (secondary N) is 3. The van der Waals surface area contributed by atoms with Gasteiger partial charge in [0.25, 0.3) is 0 Å². The van der Waals surface area contributed by atoms with Crippen molar-refractivity contribution in [2.45, 2.75) is 57.7 Å². The standard InChI is InChI=1S/C18H31N7O5/c1-18(2,3)30-17(28)25-13(8-11-9-21-10-23-11)14(26)24-12(15(27)29-4)6-5-7-22-16(19)20/h9-10,12-13H,5-8H2,1-4H3,(H,21,23)(H,24,26)(H,25,28)(H4,19,20,22)/t12-,13-/m0/s1. The molecule has 0 aliphatic rings.